The van der Waals surface area contributed by atoms with E-state index in [1.54, 1.807) is 32.5 Å². The van der Waals surface area contributed by atoms with Crippen LogP contribution in [0, 0.1) is 5.82 Å². The van der Waals surface area contributed by atoms with E-state index in [1.165, 1.54) is 12.1 Å². The lowest BCUT2D eigenvalue weighted by molar-refractivity contribution is 0.106. The lowest BCUT2D eigenvalue weighted by Crippen LogP contribution is -2.45. The molecule has 29 heavy (non-hydrogen) atoms. The van der Waals surface area contributed by atoms with Crippen LogP contribution in [0.5, 0.6) is 0 Å². The van der Waals surface area contributed by atoms with Crippen molar-refractivity contribution in [1.29, 1.82) is 0 Å². The van der Waals surface area contributed by atoms with Crippen molar-refractivity contribution in [3.63, 3.8) is 0 Å². The number of ether oxygens (including phenoxy) is 1. The third kappa shape index (κ3) is 6.42. The Labute approximate surface area is 192 Å². The molecule has 1 fully saturated rings. The van der Waals surface area contributed by atoms with Crippen molar-refractivity contribution in [2.75, 3.05) is 38.7 Å². The first-order chi connectivity index (χ1) is 13.6. The Hall–Kier alpha value is -1.65. The first-order valence-corrected chi connectivity index (χ1v) is 9.59. The molecule has 0 bridgehead atoms. The number of methoxy groups -OCH3 is 1. The van der Waals surface area contributed by atoms with Crippen LogP contribution in [-0.4, -0.2) is 50.8 Å². The van der Waals surface area contributed by atoms with Gasteiger partial charge in [-0.1, -0.05) is 23.7 Å². The van der Waals surface area contributed by atoms with E-state index in [0.717, 1.165) is 30.9 Å². The summed E-state index contributed by atoms with van der Waals surface area (Å²) in [6, 6.07) is 10.2. The number of benzene rings is 1. The Balaban J connectivity index is 0.00000300. The fraction of sp³-hybridized carbons (Fsp3) is 0.400. The number of halogens is 3. The molecule has 0 saturated carbocycles. The van der Waals surface area contributed by atoms with Gasteiger partial charge < -0.3 is 20.3 Å². The average Bonchev–Trinajstić information content (AvgIpc) is 3.17. The number of hydrogen-bond donors (Lipinski definition) is 2. The zero-order valence-electron chi connectivity index (χ0n) is 16.4. The van der Waals surface area contributed by atoms with Gasteiger partial charge in [0, 0.05) is 46.0 Å². The van der Waals surface area contributed by atoms with Crippen molar-refractivity contribution < 1.29 is 9.13 Å². The summed E-state index contributed by atoms with van der Waals surface area (Å²) in [5.41, 5.74) is 0.906. The van der Waals surface area contributed by atoms with E-state index in [1.807, 2.05) is 12.1 Å². The van der Waals surface area contributed by atoms with E-state index in [-0.39, 0.29) is 41.9 Å². The van der Waals surface area contributed by atoms with Crippen LogP contribution in [0.15, 0.2) is 47.6 Å². The fourth-order valence-electron chi connectivity index (χ4n) is 3.27. The topological polar surface area (TPSA) is 61.8 Å². The van der Waals surface area contributed by atoms with E-state index in [9.17, 15) is 4.39 Å². The second kappa shape index (κ2) is 11.5. The molecule has 1 aromatic heterocycles. The van der Waals surface area contributed by atoms with Crippen molar-refractivity contribution in [1.82, 2.24) is 15.6 Å². The number of aromatic nitrogens is 1. The van der Waals surface area contributed by atoms with Gasteiger partial charge in [-0.05, 0) is 36.2 Å². The lowest BCUT2D eigenvalue weighted by atomic mass is 10.1. The predicted molar refractivity (Wildman–Crippen MR) is 126 cm³/mol. The SMILES string of the molecule is CN=C(NCC(OC)c1ccc(F)cc1)NC1CCN(c2ncccc2Cl)C1.I. The molecule has 3 rings (SSSR count). The van der Waals surface area contributed by atoms with Crippen LogP contribution in [0.1, 0.15) is 18.1 Å². The second-order valence-corrected chi connectivity index (χ2v) is 7.02. The van der Waals surface area contributed by atoms with Crippen LogP contribution >= 0.6 is 35.6 Å². The first kappa shape index (κ1) is 23.6. The molecule has 2 N–H and O–H groups in total. The normalized spacial score (nSPS) is 17.6. The molecule has 2 unspecified atom stereocenters. The van der Waals surface area contributed by atoms with Crippen LogP contribution < -0.4 is 15.5 Å². The molecular formula is C20H26ClFIN5O. The monoisotopic (exact) mass is 533 g/mol. The minimum atomic E-state index is -0.261. The average molecular weight is 534 g/mol. The Morgan fingerprint density at radius 2 is 2.14 bits per heavy atom. The van der Waals surface area contributed by atoms with E-state index < -0.39 is 0 Å². The Bertz CT molecular complexity index is 808. The highest BCUT2D eigenvalue weighted by atomic mass is 127. The van der Waals surface area contributed by atoms with Gasteiger partial charge in [-0.15, -0.1) is 24.0 Å². The number of nitrogens with zero attached hydrogens (tertiary/aromatic N) is 3. The molecule has 0 amide bonds. The van der Waals surface area contributed by atoms with Gasteiger partial charge in [-0.3, -0.25) is 4.99 Å². The van der Waals surface area contributed by atoms with Gasteiger partial charge in [0.05, 0.1) is 11.1 Å². The van der Waals surface area contributed by atoms with Crippen LogP contribution in [0.25, 0.3) is 0 Å². The number of anilines is 1. The highest BCUT2D eigenvalue weighted by Crippen LogP contribution is 2.25. The molecule has 1 aromatic carbocycles. The fourth-order valence-corrected chi connectivity index (χ4v) is 3.51. The summed E-state index contributed by atoms with van der Waals surface area (Å²) in [7, 11) is 3.37. The van der Waals surface area contributed by atoms with Gasteiger partial charge in [0.15, 0.2) is 5.96 Å². The highest BCUT2D eigenvalue weighted by molar-refractivity contribution is 14.0. The maximum Gasteiger partial charge on any atom is 0.191 e. The number of rotatable bonds is 6. The number of aliphatic imine (C=N–C) groups is 1. The molecule has 0 aliphatic carbocycles. The maximum atomic E-state index is 13.1. The molecule has 1 saturated heterocycles. The van der Waals surface area contributed by atoms with Gasteiger partial charge in [-0.2, -0.15) is 0 Å². The Morgan fingerprint density at radius 1 is 1.38 bits per heavy atom. The van der Waals surface area contributed by atoms with Gasteiger partial charge >= 0.3 is 0 Å². The molecule has 0 radical (unpaired) electrons. The quantitative estimate of drug-likeness (QED) is 0.337. The van der Waals surface area contributed by atoms with Gasteiger partial charge in [-0.25, -0.2) is 9.37 Å². The van der Waals surface area contributed by atoms with Gasteiger partial charge in [0.1, 0.15) is 11.6 Å². The molecule has 1 aliphatic heterocycles. The van der Waals surface area contributed by atoms with E-state index in [2.05, 4.69) is 25.5 Å². The van der Waals surface area contributed by atoms with Crippen molar-refractivity contribution in [2.45, 2.75) is 18.6 Å². The molecule has 1 aliphatic rings. The van der Waals surface area contributed by atoms with Crippen molar-refractivity contribution >= 4 is 47.4 Å². The highest BCUT2D eigenvalue weighted by Gasteiger charge is 2.25. The van der Waals surface area contributed by atoms with Crippen molar-refractivity contribution in [3.8, 4) is 0 Å². The van der Waals surface area contributed by atoms with E-state index in [0.29, 0.717) is 17.5 Å². The van der Waals surface area contributed by atoms with Crippen LogP contribution in [0.3, 0.4) is 0 Å². The largest absolute Gasteiger partial charge is 0.375 e. The van der Waals surface area contributed by atoms with Crippen LogP contribution in [0.2, 0.25) is 5.02 Å². The van der Waals surface area contributed by atoms with E-state index in [4.69, 9.17) is 16.3 Å². The van der Waals surface area contributed by atoms with Crippen molar-refractivity contribution in [3.05, 3.63) is 59.0 Å². The number of guanidine groups is 1. The molecule has 2 aromatic rings. The third-order valence-corrected chi connectivity index (χ3v) is 5.07. The van der Waals surface area contributed by atoms with Crippen molar-refractivity contribution in [2.24, 2.45) is 4.99 Å². The molecule has 0 spiro atoms. The molecule has 2 heterocycles. The molecule has 2 atom stereocenters. The van der Waals surface area contributed by atoms with Crippen LogP contribution in [-0.2, 0) is 4.74 Å². The molecular weight excluding hydrogens is 508 g/mol. The zero-order chi connectivity index (χ0) is 19.9. The Kier molecular flexibility index (Phi) is 9.38. The number of nitrogens with one attached hydrogen (secondary N) is 2. The molecule has 6 nitrogen and oxygen atoms in total. The summed E-state index contributed by atoms with van der Waals surface area (Å²) in [5, 5.41) is 7.38. The molecule has 158 valence electrons. The standard InChI is InChI=1S/C20H25ClFN5O.HI/c1-23-20(25-12-18(28-2)14-5-7-15(22)8-6-14)26-16-9-11-27(13-16)19-17(21)4-3-10-24-19;/h3-8,10,16,18H,9,11-13H2,1-2H3,(H2,23,25,26);1H. The summed E-state index contributed by atoms with van der Waals surface area (Å²) in [6.45, 7) is 2.19. The lowest BCUT2D eigenvalue weighted by Gasteiger charge is -2.22. The summed E-state index contributed by atoms with van der Waals surface area (Å²) >= 11 is 6.26. The number of hydrogen-bond acceptors (Lipinski definition) is 4. The molecule has 9 heteroatoms. The first-order valence-electron chi connectivity index (χ1n) is 9.21. The third-order valence-electron chi connectivity index (χ3n) is 4.77. The zero-order valence-corrected chi connectivity index (χ0v) is 19.5. The summed E-state index contributed by atoms with van der Waals surface area (Å²) in [4.78, 5) is 10.9. The smallest absolute Gasteiger partial charge is 0.191 e. The maximum absolute atomic E-state index is 13.1. The summed E-state index contributed by atoms with van der Waals surface area (Å²) in [5.74, 6) is 1.25. The Morgan fingerprint density at radius 3 is 2.79 bits per heavy atom. The van der Waals surface area contributed by atoms with Crippen LogP contribution in [0.4, 0.5) is 10.2 Å². The predicted octanol–water partition coefficient (Wildman–Crippen LogP) is 3.62. The van der Waals surface area contributed by atoms with Gasteiger partial charge in [0.25, 0.3) is 0 Å². The van der Waals surface area contributed by atoms with Gasteiger partial charge in [0.2, 0.25) is 0 Å². The minimum absolute atomic E-state index is 0. The second-order valence-electron chi connectivity index (χ2n) is 6.61. The van der Waals surface area contributed by atoms with E-state index >= 15 is 0 Å². The summed E-state index contributed by atoms with van der Waals surface area (Å²) in [6.07, 6.45) is 2.51. The minimum Gasteiger partial charge on any atom is -0.375 e. The number of pyridine rings is 1. The summed E-state index contributed by atoms with van der Waals surface area (Å²) < 4.78 is 18.7.